The molecule has 0 bridgehead atoms. The van der Waals surface area contributed by atoms with Gasteiger partial charge in [0.2, 0.25) is 11.8 Å². The second-order valence-corrected chi connectivity index (χ2v) is 12.6. The van der Waals surface area contributed by atoms with Crippen LogP contribution in [0.5, 0.6) is 0 Å². The summed E-state index contributed by atoms with van der Waals surface area (Å²) in [6.45, 7) is 8.27. The first-order valence-electron chi connectivity index (χ1n) is 13.2. The Balaban J connectivity index is 1.49. The van der Waals surface area contributed by atoms with Gasteiger partial charge in [-0.25, -0.2) is 8.42 Å². The smallest absolute Gasteiger partial charge is 0.265 e. The molecule has 7 nitrogen and oxygen atoms in total. The topological polar surface area (TPSA) is 86.8 Å². The summed E-state index contributed by atoms with van der Waals surface area (Å²) in [5, 5.41) is 4.63. The molecule has 0 fully saturated rings. The summed E-state index contributed by atoms with van der Waals surface area (Å²) in [5.41, 5.74) is 1.33. The van der Waals surface area contributed by atoms with Gasteiger partial charge in [0.15, 0.2) is 0 Å². The lowest BCUT2D eigenvalue weighted by molar-refractivity contribution is -0.141. The molecule has 1 N–H and O–H groups in total. The van der Waals surface area contributed by atoms with Crippen molar-refractivity contribution in [3.05, 3.63) is 72.3 Å². The third-order valence-electron chi connectivity index (χ3n) is 6.80. The van der Waals surface area contributed by atoms with Crippen molar-refractivity contribution in [1.29, 1.82) is 0 Å². The van der Waals surface area contributed by atoms with E-state index >= 15 is 0 Å². The molecule has 4 rings (SSSR count). The van der Waals surface area contributed by atoms with Gasteiger partial charge in [-0.05, 0) is 63.1 Å². The second kappa shape index (κ2) is 11.2. The number of hydrogen-bond acceptors (Lipinski definition) is 4. The van der Waals surface area contributed by atoms with Crippen molar-refractivity contribution in [2.24, 2.45) is 0 Å². The zero-order chi connectivity index (χ0) is 27.5. The lowest BCUT2D eigenvalue weighted by Crippen LogP contribution is -2.54. The van der Waals surface area contributed by atoms with Crippen molar-refractivity contribution in [1.82, 2.24) is 10.2 Å². The van der Waals surface area contributed by atoms with E-state index in [2.05, 4.69) is 5.32 Å². The number of hydrogen-bond donors (Lipinski definition) is 1. The number of amides is 2. The first-order chi connectivity index (χ1) is 18.0. The Bertz CT molecular complexity index is 1410. The van der Waals surface area contributed by atoms with Crippen LogP contribution in [0.15, 0.2) is 71.6 Å². The van der Waals surface area contributed by atoms with E-state index in [1.54, 1.807) is 17.0 Å². The van der Waals surface area contributed by atoms with Crippen LogP contribution < -0.4 is 9.62 Å². The minimum atomic E-state index is -3.67. The highest BCUT2D eigenvalue weighted by atomic mass is 32.2. The minimum Gasteiger partial charge on any atom is -0.350 e. The molecule has 1 aliphatic rings. The summed E-state index contributed by atoms with van der Waals surface area (Å²) < 4.78 is 28.0. The summed E-state index contributed by atoms with van der Waals surface area (Å²) in [7, 11) is -3.67. The summed E-state index contributed by atoms with van der Waals surface area (Å²) in [6, 6.07) is 20.2. The molecule has 38 heavy (non-hydrogen) atoms. The van der Waals surface area contributed by atoms with E-state index in [0.29, 0.717) is 36.4 Å². The quantitative estimate of drug-likeness (QED) is 0.400. The van der Waals surface area contributed by atoms with Crippen LogP contribution in [0.4, 0.5) is 5.69 Å². The highest BCUT2D eigenvalue weighted by molar-refractivity contribution is 7.93. The molecule has 0 aromatic heterocycles. The number of carbonyl (C=O) groups excluding carboxylic acids is 2. The molecule has 0 unspecified atom stereocenters. The molecule has 0 spiro atoms. The van der Waals surface area contributed by atoms with Crippen LogP contribution in [-0.2, 0) is 26.0 Å². The van der Waals surface area contributed by atoms with Gasteiger partial charge >= 0.3 is 0 Å². The zero-order valence-electron chi connectivity index (χ0n) is 22.6. The van der Waals surface area contributed by atoms with Crippen LogP contribution in [0.2, 0.25) is 0 Å². The fourth-order valence-electron chi connectivity index (χ4n) is 5.07. The summed E-state index contributed by atoms with van der Waals surface area (Å²) >= 11 is 0. The highest BCUT2D eigenvalue weighted by Crippen LogP contribution is 2.42. The van der Waals surface area contributed by atoms with E-state index < -0.39 is 21.6 Å². The van der Waals surface area contributed by atoms with E-state index in [1.165, 1.54) is 4.31 Å². The molecular formula is C30H37N3O4S. The average Bonchev–Trinajstić information content (AvgIpc) is 3.09. The standard InChI is InChI=1S/C30H37N3O4S/c1-5-24(29(35)31-30(2,3)4)32(21-19-22-12-7-6-8-13-22)27(34)18-11-20-33-25-16-9-14-23-15-10-17-26(28(23)25)38(33,36)37/h6-10,12-17,24H,5,11,18-21H2,1-4H3,(H,31,35)/t24-/m1/s1. The summed E-state index contributed by atoms with van der Waals surface area (Å²) in [6.07, 6.45) is 1.61. The van der Waals surface area contributed by atoms with Crippen molar-refractivity contribution < 1.29 is 18.0 Å². The number of sulfonamides is 1. The van der Waals surface area contributed by atoms with Gasteiger partial charge in [0, 0.05) is 30.4 Å². The molecular weight excluding hydrogens is 498 g/mol. The lowest BCUT2D eigenvalue weighted by atomic mass is 10.0. The van der Waals surface area contributed by atoms with Crippen LogP contribution in [0.25, 0.3) is 10.8 Å². The van der Waals surface area contributed by atoms with E-state index in [1.807, 2.05) is 82.3 Å². The maximum absolute atomic E-state index is 13.6. The molecule has 0 saturated carbocycles. The van der Waals surface area contributed by atoms with Crippen LogP contribution in [0.1, 0.15) is 52.5 Å². The number of benzene rings is 3. The zero-order valence-corrected chi connectivity index (χ0v) is 23.4. The van der Waals surface area contributed by atoms with E-state index in [4.69, 9.17) is 0 Å². The Morgan fingerprint density at radius 3 is 2.32 bits per heavy atom. The SMILES string of the molecule is CC[C@H](C(=O)NC(C)(C)C)N(CCc1ccccc1)C(=O)CCCN1c2cccc3cccc(c23)S1(=O)=O. The second-order valence-electron chi connectivity index (χ2n) is 10.8. The minimum absolute atomic E-state index is 0.145. The Kier molecular flexibility index (Phi) is 8.11. The van der Waals surface area contributed by atoms with Gasteiger partial charge in [-0.2, -0.15) is 0 Å². The monoisotopic (exact) mass is 535 g/mol. The lowest BCUT2D eigenvalue weighted by Gasteiger charge is -2.33. The van der Waals surface area contributed by atoms with Crippen molar-refractivity contribution in [3.63, 3.8) is 0 Å². The highest BCUT2D eigenvalue weighted by Gasteiger charge is 2.36. The van der Waals surface area contributed by atoms with Gasteiger partial charge in [-0.3, -0.25) is 13.9 Å². The fourth-order valence-corrected chi connectivity index (χ4v) is 6.81. The van der Waals surface area contributed by atoms with Crippen LogP contribution >= 0.6 is 0 Å². The van der Waals surface area contributed by atoms with Gasteiger partial charge in [-0.1, -0.05) is 61.5 Å². The Morgan fingerprint density at radius 2 is 1.66 bits per heavy atom. The van der Waals surface area contributed by atoms with Crippen LogP contribution in [-0.4, -0.2) is 49.8 Å². The molecule has 0 saturated heterocycles. The average molecular weight is 536 g/mol. The maximum atomic E-state index is 13.6. The summed E-state index contributed by atoms with van der Waals surface area (Å²) in [4.78, 5) is 28.7. The first kappa shape index (κ1) is 27.6. The molecule has 0 aliphatic carbocycles. The van der Waals surface area contributed by atoms with Crippen LogP contribution in [0, 0.1) is 0 Å². The van der Waals surface area contributed by atoms with E-state index in [0.717, 1.165) is 16.3 Å². The molecule has 8 heteroatoms. The predicted octanol–water partition coefficient (Wildman–Crippen LogP) is 4.89. The first-order valence-corrected chi connectivity index (χ1v) is 14.7. The van der Waals surface area contributed by atoms with E-state index in [-0.39, 0.29) is 24.8 Å². The Labute approximate surface area is 225 Å². The van der Waals surface area contributed by atoms with Crippen molar-refractivity contribution in [2.75, 3.05) is 17.4 Å². The van der Waals surface area contributed by atoms with Gasteiger partial charge in [0.25, 0.3) is 10.0 Å². The normalized spacial score (nSPS) is 14.9. The summed E-state index contributed by atoms with van der Waals surface area (Å²) in [5.74, 6) is -0.324. The number of carbonyl (C=O) groups is 2. The van der Waals surface area contributed by atoms with Crippen molar-refractivity contribution in [2.45, 2.75) is 69.9 Å². The molecule has 2 amide bonds. The number of nitrogens with one attached hydrogen (secondary N) is 1. The Hall–Kier alpha value is -3.39. The van der Waals surface area contributed by atoms with E-state index in [9.17, 15) is 18.0 Å². The number of anilines is 1. The Morgan fingerprint density at radius 1 is 0.974 bits per heavy atom. The van der Waals surface area contributed by atoms with Crippen LogP contribution in [0.3, 0.4) is 0 Å². The maximum Gasteiger partial charge on any atom is 0.265 e. The molecule has 1 heterocycles. The number of nitrogens with zero attached hydrogens (tertiary/aromatic N) is 2. The van der Waals surface area contributed by atoms with Gasteiger partial charge in [0.05, 0.1) is 10.6 Å². The molecule has 1 aliphatic heterocycles. The molecule has 3 aromatic rings. The molecule has 202 valence electrons. The number of rotatable bonds is 10. The van der Waals surface area contributed by atoms with Gasteiger partial charge < -0.3 is 10.2 Å². The predicted molar refractivity (Wildman–Crippen MR) is 152 cm³/mol. The van der Waals surface area contributed by atoms with Gasteiger partial charge in [0.1, 0.15) is 6.04 Å². The largest absolute Gasteiger partial charge is 0.350 e. The van der Waals surface area contributed by atoms with Crippen molar-refractivity contribution in [3.8, 4) is 0 Å². The molecule has 0 radical (unpaired) electrons. The molecule has 1 atom stereocenters. The van der Waals surface area contributed by atoms with Crippen molar-refractivity contribution >= 4 is 38.3 Å². The third kappa shape index (κ3) is 5.85. The third-order valence-corrected chi connectivity index (χ3v) is 8.66. The fraction of sp³-hybridized carbons (Fsp3) is 0.400. The molecule has 3 aromatic carbocycles. The van der Waals surface area contributed by atoms with Gasteiger partial charge in [-0.15, -0.1) is 0 Å².